The summed E-state index contributed by atoms with van der Waals surface area (Å²) < 4.78 is 11.9. The van der Waals surface area contributed by atoms with E-state index in [2.05, 4.69) is 0 Å². The molecule has 0 aromatic heterocycles. The summed E-state index contributed by atoms with van der Waals surface area (Å²) in [5, 5.41) is 0. The molecule has 0 aliphatic carbocycles. The predicted molar refractivity (Wildman–Crippen MR) is 31.9 cm³/mol. The Morgan fingerprint density at radius 3 is 2.00 bits per heavy atom. The van der Waals surface area contributed by atoms with Gasteiger partial charge in [0.25, 0.3) is 0 Å². The van der Waals surface area contributed by atoms with E-state index in [1.807, 2.05) is 20.8 Å². The molecule has 0 N–H and O–H groups in total. The SMILES string of the molecule is CC1N(C(=O)F)C1(C)C. The molecule has 1 fully saturated rings. The third-order valence-corrected chi connectivity index (χ3v) is 2.15. The van der Waals surface area contributed by atoms with Crippen LogP contribution in [0.3, 0.4) is 0 Å². The Hall–Kier alpha value is -0.600. The van der Waals surface area contributed by atoms with E-state index in [9.17, 15) is 9.18 Å². The molecule has 0 bridgehead atoms. The summed E-state index contributed by atoms with van der Waals surface area (Å²) in [5.41, 5.74) is -0.244. The van der Waals surface area contributed by atoms with Gasteiger partial charge in [0.2, 0.25) is 0 Å². The summed E-state index contributed by atoms with van der Waals surface area (Å²) >= 11 is 0. The standard InChI is InChI=1S/C6H10FNO/c1-4-6(2,3)8(4)5(7)9/h4H,1-3H3. The van der Waals surface area contributed by atoms with Crippen LogP contribution >= 0.6 is 0 Å². The lowest BCUT2D eigenvalue weighted by atomic mass is 10.2. The van der Waals surface area contributed by atoms with Crippen molar-refractivity contribution in [3.05, 3.63) is 0 Å². The molecule has 1 unspecified atom stereocenters. The Morgan fingerprint density at radius 2 is 2.00 bits per heavy atom. The molecule has 2 nitrogen and oxygen atoms in total. The molecule has 0 aromatic carbocycles. The molecule has 52 valence electrons. The lowest BCUT2D eigenvalue weighted by Gasteiger charge is -1.97. The second-order valence-corrected chi connectivity index (χ2v) is 2.95. The zero-order chi connectivity index (χ0) is 7.23. The second-order valence-electron chi connectivity index (χ2n) is 2.95. The van der Waals surface area contributed by atoms with Crippen LogP contribution < -0.4 is 0 Å². The minimum Gasteiger partial charge on any atom is -0.302 e. The van der Waals surface area contributed by atoms with Gasteiger partial charge in [-0.15, -0.1) is 4.39 Å². The molecule has 0 spiro atoms. The van der Waals surface area contributed by atoms with Crippen molar-refractivity contribution in [3.63, 3.8) is 0 Å². The van der Waals surface area contributed by atoms with E-state index < -0.39 is 6.16 Å². The fourth-order valence-corrected chi connectivity index (χ4v) is 1.06. The summed E-state index contributed by atoms with van der Waals surface area (Å²) in [6, 6.07) is 0.0648. The number of hydrogen-bond donors (Lipinski definition) is 0. The Bertz CT molecular complexity index is 155. The first-order valence-corrected chi connectivity index (χ1v) is 2.96. The average Bonchev–Trinajstić information content (AvgIpc) is 2.07. The third kappa shape index (κ3) is 0.713. The van der Waals surface area contributed by atoms with Gasteiger partial charge in [0.05, 0.1) is 11.6 Å². The van der Waals surface area contributed by atoms with Crippen molar-refractivity contribution in [1.29, 1.82) is 0 Å². The molecule has 1 rings (SSSR count). The van der Waals surface area contributed by atoms with Crippen LogP contribution in [0.2, 0.25) is 0 Å². The molecule has 0 saturated carbocycles. The van der Waals surface area contributed by atoms with Gasteiger partial charge in [-0.05, 0) is 20.8 Å². The van der Waals surface area contributed by atoms with E-state index in [4.69, 9.17) is 0 Å². The van der Waals surface area contributed by atoms with E-state index in [1.54, 1.807) is 0 Å². The molecular weight excluding hydrogens is 121 g/mol. The number of carbonyl (C=O) groups is 1. The molecule has 1 heterocycles. The number of hydrogen-bond acceptors (Lipinski definition) is 1. The highest BCUT2D eigenvalue weighted by atomic mass is 19.1. The smallest absolute Gasteiger partial charge is 0.302 e. The molecule has 9 heavy (non-hydrogen) atoms. The van der Waals surface area contributed by atoms with Crippen molar-refractivity contribution >= 4 is 6.16 Å². The van der Waals surface area contributed by atoms with Gasteiger partial charge in [0.15, 0.2) is 0 Å². The Kier molecular flexibility index (Phi) is 1.06. The Labute approximate surface area is 53.6 Å². The van der Waals surface area contributed by atoms with Crippen LogP contribution in [0.4, 0.5) is 9.18 Å². The van der Waals surface area contributed by atoms with Gasteiger partial charge in [0.1, 0.15) is 0 Å². The van der Waals surface area contributed by atoms with Crippen LogP contribution in [0.1, 0.15) is 20.8 Å². The monoisotopic (exact) mass is 131 g/mol. The highest BCUT2D eigenvalue weighted by Gasteiger charge is 2.55. The van der Waals surface area contributed by atoms with Crippen molar-refractivity contribution in [2.45, 2.75) is 32.4 Å². The maximum Gasteiger partial charge on any atom is 0.400 e. The molecule has 1 saturated heterocycles. The Balaban J connectivity index is 2.62. The quantitative estimate of drug-likeness (QED) is 0.277. The number of nitrogens with zero attached hydrogens (tertiary/aromatic N) is 1. The Morgan fingerprint density at radius 1 is 1.67 bits per heavy atom. The first kappa shape index (κ1) is 6.52. The first-order valence-electron chi connectivity index (χ1n) is 2.96. The lowest BCUT2D eigenvalue weighted by Crippen LogP contribution is -2.11. The molecule has 3 heteroatoms. The van der Waals surface area contributed by atoms with Crippen LogP contribution in [-0.4, -0.2) is 22.6 Å². The minimum absolute atomic E-state index is 0.0648. The lowest BCUT2D eigenvalue weighted by molar-refractivity contribution is 0.200. The minimum atomic E-state index is -1.31. The molecule has 1 atom stereocenters. The van der Waals surface area contributed by atoms with Gasteiger partial charge in [-0.1, -0.05) is 0 Å². The van der Waals surface area contributed by atoms with Crippen molar-refractivity contribution < 1.29 is 9.18 Å². The fraction of sp³-hybridized carbons (Fsp3) is 0.833. The zero-order valence-corrected chi connectivity index (χ0v) is 5.81. The third-order valence-electron chi connectivity index (χ3n) is 2.15. The number of amides is 1. The van der Waals surface area contributed by atoms with Gasteiger partial charge in [-0.3, -0.25) is 0 Å². The normalized spacial score (nSPS) is 30.2. The number of carbonyl (C=O) groups excluding carboxylic acids is 1. The molecule has 1 aliphatic rings. The molecular formula is C6H10FNO. The van der Waals surface area contributed by atoms with Crippen LogP contribution in [0, 0.1) is 0 Å². The number of halogens is 1. The van der Waals surface area contributed by atoms with Crippen LogP contribution in [-0.2, 0) is 0 Å². The maximum atomic E-state index is 11.9. The topological polar surface area (TPSA) is 20.1 Å². The van der Waals surface area contributed by atoms with Gasteiger partial charge in [-0.2, -0.15) is 0 Å². The molecule has 1 amide bonds. The van der Waals surface area contributed by atoms with E-state index in [0.717, 1.165) is 0 Å². The summed E-state index contributed by atoms with van der Waals surface area (Å²) in [6.07, 6.45) is -1.31. The summed E-state index contributed by atoms with van der Waals surface area (Å²) in [5.74, 6) is 0. The van der Waals surface area contributed by atoms with E-state index >= 15 is 0 Å². The number of rotatable bonds is 0. The van der Waals surface area contributed by atoms with Gasteiger partial charge in [-0.25, -0.2) is 4.79 Å². The zero-order valence-electron chi connectivity index (χ0n) is 5.81. The van der Waals surface area contributed by atoms with E-state index in [0.29, 0.717) is 0 Å². The molecule has 1 aliphatic heterocycles. The highest BCUT2D eigenvalue weighted by molar-refractivity contribution is 5.71. The van der Waals surface area contributed by atoms with Crippen molar-refractivity contribution in [2.24, 2.45) is 0 Å². The van der Waals surface area contributed by atoms with Crippen molar-refractivity contribution in [2.75, 3.05) is 0 Å². The van der Waals surface area contributed by atoms with E-state index in [1.165, 1.54) is 4.90 Å². The second kappa shape index (κ2) is 1.46. The summed E-state index contributed by atoms with van der Waals surface area (Å²) in [7, 11) is 0. The fourth-order valence-electron chi connectivity index (χ4n) is 1.06. The summed E-state index contributed by atoms with van der Waals surface area (Å²) in [4.78, 5) is 11.3. The maximum absolute atomic E-state index is 11.9. The summed E-state index contributed by atoms with van der Waals surface area (Å²) in [6.45, 7) is 5.52. The molecule has 0 aromatic rings. The van der Waals surface area contributed by atoms with Crippen LogP contribution in [0.25, 0.3) is 0 Å². The first-order chi connectivity index (χ1) is 3.98. The van der Waals surface area contributed by atoms with Gasteiger partial charge >= 0.3 is 6.16 Å². The predicted octanol–water partition coefficient (Wildman–Crippen LogP) is 1.56. The average molecular weight is 131 g/mol. The van der Waals surface area contributed by atoms with Gasteiger partial charge in [0, 0.05) is 0 Å². The van der Waals surface area contributed by atoms with E-state index in [-0.39, 0.29) is 11.6 Å². The molecule has 0 radical (unpaired) electrons. The van der Waals surface area contributed by atoms with Crippen molar-refractivity contribution in [3.8, 4) is 0 Å². The van der Waals surface area contributed by atoms with Crippen LogP contribution in [0.15, 0.2) is 0 Å². The largest absolute Gasteiger partial charge is 0.400 e. The highest BCUT2D eigenvalue weighted by Crippen LogP contribution is 2.40. The van der Waals surface area contributed by atoms with Crippen molar-refractivity contribution in [1.82, 2.24) is 4.90 Å². The van der Waals surface area contributed by atoms with Gasteiger partial charge < -0.3 is 4.90 Å². The van der Waals surface area contributed by atoms with Crippen LogP contribution in [0.5, 0.6) is 0 Å².